The van der Waals surface area contributed by atoms with Crippen LogP contribution in [0.2, 0.25) is 0 Å². The summed E-state index contributed by atoms with van der Waals surface area (Å²) in [6.07, 6.45) is 6.93. The maximum atomic E-state index is 2.32. The Morgan fingerprint density at radius 1 is 1.23 bits per heavy atom. The van der Waals surface area contributed by atoms with Crippen molar-refractivity contribution in [1.29, 1.82) is 0 Å². The van der Waals surface area contributed by atoms with E-state index in [1.165, 1.54) is 18.4 Å². The second kappa shape index (κ2) is 4.50. The van der Waals surface area contributed by atoms with Crippen LogP contribution in [0.25, 0.3) is 0 Å². The Labute approximate surface area is 81.8 Å². The van der Waals surface area contributed by atoms with Crippen molar-refractivity contribution in [2.45, 2.75) is 52.5 Å². The van der Waals surface area contributed by atoms with E-state index in [-0.39, 0.29) is 0 Å². The minimum atomic E-state index is 0.637. The van der Waals surface area contributed by atoms with Gasteiger partial charge in [0.2, 0.25) is 0 Å². The Hall–Kier alpha value is -0.720. The highest BCUT2D eigenvalue weighted by atomic mass is 15.0. The lowest BCUT2D eigenvalue weighted by Gasteiger charge is -2.10. The number of aromatic nitrogens is 1. The molecule has 2 unspecified atom stereocenters. The summed E-state index contributed by atoms with van der Waals surface area (Å²) in [4.78, 5) is 0. The van der Waals surface area contributed by atoms with Gasteiger partial charge in [0.1, 0.15) is 0 Å². The zero-order chi connectivity index (χ0) is 9.84. The number of nitrogens with zero attached hydrogens (tertiary/aromatic N) is 1. The summed E-state index contributed by atoms with van der Waals surface area (Å²) >= 11 is 0. The highest BCUT2D eigenvalue weighted by Gasteiger charge is 2.06. The third-order valence-corrected chi connectivity index (χ3v) is 3.02. The molecule has 1 aromatic heterocycles. The van der Waals surface area contributed by atoms with Crippen molar-refractivity contribution in [2.24, 2.45) is 0 Å². The number of rotatable bonds is 4. The molecule has 0 amide bonds. The van der Waals surface area contributed by atoms with E-state index in [1.54, 1.807) is 0 Å². The normalized spacial score (nSPS) is 15.7. The van der Waals surface area contributed by atoms with Crippen LogP contribution in [-0.2, 0) is 0 Å². The first kappa shape index (κ1) is 10.4. The molecule has 0 aliphatic rings. The van der Waals surface area contributed by atoms with E-state index in [0.29, 0.717) is 12.0 Å². The summed E-state index contributed by atoms with van der Waals surface area (Å²) in [7, 11) is 0. The zero-order valence-corrected chi connectivity index (χ0v) is 9.25. The maximum absolute atomic E-state index is 2.32. The first-order chi connectivity index (χ1) is 6.19. The summed E-state index contributed by atoms with van der Waals surface area (Å²) in [6.45, 7) is 9.02. The fourth-order valence-electron chi connectivity index (χ4n) is 1.44. The van der Waals surface area contributed by atoms with E-state index in [9.17, 15) is 0 Å². The second-order valence-corrected chi connectivity index (χ2v) is 3.96. The van der Waals surface area contributed by atoms with Gasteiger partial charge < -0.3 is 4.57 Å². The van der Waals surface area contributed by atoms with E-state index in [0.717, 1.165) is 0 Å². The molecule has 2 atom stereocenters. The lowest BCUT2D eigenvalue weighted by Crippen LogP contribution is -2.00. The predicted molar refractivity (Wildman–Crippen MR) is 58.1 cm³/mol. The minimum absolute atomic E-state index is 0.637. The van der Waals surface area contributed by atoms with Crippen LogP contribution < -0.4 is 0 Å². The van der Waals surface area contributed by atoms with Crippen molar-refractivity contribution < 1.29 is 0 Å². The van der Waals surface area contributed by atoms with Crippen LogP contribution in [0.1, 0.15) is 58.1 Å². The molecule has 0 fully saturated rings. The van der Waals surface area contributed by atoms with Crippen molar-refractivity contribution in [3.8, 4) is 0 Å². The van der Waals surface area contributed by atoms with E-state index < -0.39 is 0 Å². The van der Waals surface area contributed by atoms with Crippen molar-refractivity contribution in [3.05, 3.63) is 24.0 Å². The van der Waals surface area contributed by atoms with Crippen LogP contribution in [-0.4, -0.2) is 4.57 Å². The van der Waals surface area contributed by atoms with Crippen LogP contribution in [0.4, 0.5) is 0 Å². The summed E-state index contributed by atoms with van der Waals surface area (Å²) in [5, 5.41) is 0. The van der Waals surface area contributed by atoms with Gasteiger partial charge in [-0.1, -0.05) is 20.8 Å². The van der Waals surface area contributed by atoms with Crippen LogP contribution in [0.5, 0.6) is 0 Å². The molecule has 0 aliphatic heterocycles. The summed E-state index contributed by atoms with van der Waals surface area (Å²) in [6, 6.07) is 2.89. The van der Waals surface area contributed by atoms with E-state index >= 15 is 0 Å². The summed E-state index contributed by atoms with van der Waals surface area (Å²) in [5.41, 5.74) is 1.47. The average molecular weight is 179 g/mol. The van der Waals surface area contributed by atoms with Gasteiger partial charge in [0.15, 0.2) is 0 Å². The maximum Gasteiger partial charge on any atom is 0.0299 e. The van der Waals surface area contributed by atoms with Gasteiger partial charge in [-0.05, 0) is 37.3 Å². The fourth-order valence-corrected chi connectivity index (χ4v) is 1.44. The molecule has 0 saturated heterocycles. The molecular formula is C12H21N. The van der Waals surface area contributed by atoms with Gasteiger partial charge in [0.05, 0.1) is 0 Å². The second-order valence-electron chi connectivity index (χ2n) is 3.96. The first-order valence-corrected chi connectivity index (χ1v) is 5.36. The van der Waals surface area contributed by atoms with Gasteiger partial charge in [-0.3, -0.25) is 0 Å². The van der Waals surface area contributed by atoms with Crippen LogP contribution in [0.15, 0.2) is 18.5 Å². The molecule has 0 radical (unpaired) electrons. The Balaban J connectivity index is 2.74. The lowest BCUT2D eigenvalue weighted by atomic mass is 10.0. The number of hydrogen-bond acceptors (Lipinski definition) is 0. The quantitative estimate of drug-likeness (QED) is 0.659. The van der Waals surface area contributed by atoms with Crippen LogP contribution in [0.3, 0.4) is 0 Å². The molecule has 1 heteroatoms. The van der Waals surface area contributed by atoms with Crippen molar-refractivity contribution in [3.63, 3.8) is 0 Å². The monoisotopic (exact) mass is 179 g/mol. The van der Waals surface area contributed by atoms with Gasteiger partial charge in [0.25, 0.3) is 0 Å². The molecule has 0 N–H and O–H groups in total. The molecule has 0 spiro atoms. The Kier molecular flexibility index (Phi) is 3.58. The van der Waals surface area contributed by atoms with E-state index in [2.05, 4.69) is 50.7 Å². The topological polar surface area (TPSA) is 4.93 Å². The van der Waals surface area contributed by atoms with E-state index in [1.807, 2.05) is 0 Å². The number of hydrogen-bond donors (Lipinski definition) is 0. The smallest absolute Gasteiger partial charge is 0.0299 e. The van der Waals surface area contributed by atoms with Gasteiger partial charge in [-0.25, -0.2) is 0 Å². The molecule has 0 saturated carbocycles. The molecule has 1 rings (SSSR count). The van der Waals surface area contributed by atoms with Gasteiger partial charge in [0, 0.05) is 18.4 Å². The Bertz CT molecular complexity index is 225. The zero-order valence-electron chi connectivity index (χ0n) is 9.25. The molecule has 13 heavy (non-hydrogen) atoms. The van der Waals surface area contributed by atoms with Crippen molar-refractivity contribution in [2.75, 3.05) is 0 Å². The van der Waals surface area contributed by atoms with Crippen LogP contribution >= 0.6 is 0 Å². The molecule has 0 aromatic carbocycles. The highest BCUT2D eigenvalue weighted by Crippen LogP contribution is 2.21. The summed E-state index contributed by atoms with van der Waals surface area (Å²) < 4.78 is 2.32. The molecule has 74 valence electrons. The molecule has 1 heterocycles. The fraction of sp³-hybridized carbons (Fsp3) is 0.667. The molecular weight excluding hydrogens is 158 g/mol. The van der Waals surface area contributed by atoms with Gasteiger partial charge in [-0.2, -0.15) is 0 Å². The SMILES string of the molecule is CCC(C)c1ccn(C(C)CC)c1. The van der Waals surface area contributed by atoms with Crippen molar-refractivity contribution >= 4 is 0 Å². The molecule has 1 nitrogen and oxygen atoms in total. The third kappa shape index (κ3) is 2.36. The lowest BCUT2D eigenvalue weighted by molar-refractivity contribution is 0.531. The van der Waals surface area contributed by atoms with E-state index in [4.69, 9.17) is 0 Å². The average Bonchev–Trinajstić information content (AvgIpc) is 2.64. The summed E-state index contributed by atoms with van der Waals surface area (Å²) in [5.74, 6) is 0.699. The van der Waals surface area contributed by atoms with Gasteiger partial charge in [-0.15, -0.1) is 0 Å². The standard InChI is InChI=1S/C12H21N/c1-5-10(3)12-7-8-13(9-12)11(4)6-2/h7-11H,5-6H2,1-4H3. The Morgan fingerprint density at radius 3 is 2.46 bits per heavy atom. The molecule has 1 aromatic rings. The molecule has 0 bridgehead atoms. The van der Waals surface area contributed by atoms with Gasteiger partial charge >= 0.3 is 0 Å². The Morgan fingerprint density at radius 2 is 1.92 bits per heavy atom. The van der Waals surface area contributed by atoms with Crippen LogP contribution in [0, 0.1) is 0 Å². The van der Waals surface area contributed by atoms with Crippen molar-refractivity contribution in [1.82, 2.24) is 4.57 Å². The predicted octanol–water partition coefficient (Wildman–Crippen LogP) is 3.97. The first-order valence-electron chi connectivity index (χ1n) is 5.36. The minimum Gasteiger partial charge on any atom is -0.351 e. The molecule has 0 aliphatic carbocycles. The highest BCUT2D eigenvalue weighted by molar-refractivity contribution is 5.15. The largest absolute Gasteiger partial charge is 0.351 e. The third-order valence-electron chi connectivity index (χ3n) is 3.02.